The average molecular weight is 363 g/mol. The number of nitrogens with zero attached hydrogens (tertiary/aromatic N) is 3. The largest absolute Gasteiger partial charge is 0.451 e. The molecule has 8 nitrogen and oxygen atoms in total. The standard InChI is InChI=1S/C14H20F3N5O3/c1-13(2,3)25-12(24)22-6-4-8(5-7-22)9(23)18-11-19-10(20-21-11)14(15,16)17/h8H,4-7H2,1-3H3,(H2,18,19,20,21,23). The number of rotatable bonds is 2. The molecule has 0 aliphatic carbocycles. The van der Waals surface area contributed by atoms with Crippen LogP contribution in [-0.2, 0) is 15.7 Å². The molecule has 0 unspecified atom stereocenters. The van der Waals surface area contributed by atoms with Gasteiger partial charge in [-0.2, -0.15) is 18.2 Å². The zero-order valence-electron chi connectivity index (χ0n) is 14.1. The van der Waals surface area contributed by atoms with E-state index >= 15 is 0 Å². The van der Waals surface area contributed by atoms with Crippen molar-refractivity contribution in [2.24, 2.45) is 5.92 Å². The number of likely N-dealkylation sites (tertiary alicyclic amines) is 1. The number of anilines is 1. The Bertz CT molecular complexity index is 630. The highest BCUT2D eigenvalue weighted by Crippen LogP contribution is 2.26. The molecular weight excluding hydrogens is 343 g/mol. The minimum absolute atomic E-state index is 0.328. The number of H-pyrrole nitrogens is 1. The van der Waals surface area contributed by atoms with Gasteiger partial charge in [-0.3, -0.25) is 15.2 Å². The molecule has 1 fully saturated rings. The Morgan fingerprint density at radius 1 is 1.24 bits per heavy atom. The number of hydrogen-bond donors (Lipinski definition) is 2. The zero-order chi connectivity index (χ0) is 18.8. The van der Waals surface area contributed by atoms with E-state index in [9.17, 15) is 22.8 Å². The molecule has 2 heterocycles. The minimum atomic E-state index is -4.66. The van der Waals surface area contributed by atoms with E-state index in [1.54, 1.807) is 25.9 Å². The molecule has 25 heavy (non-hydrogen) atoms. The molecule has 140 valence electrons. The monoisotopic (exact) mass is 363 g/mol. The number of hydrogen-bond acceptors (Lipinski definition) is 5. The summed E-state index contributed by atoms with van der Waals surface area (Å²) in [6.07, 6.45) is -4.35. The lowest BCUT2D eigenvalue weighted by Gasteiger charge is -2.32. The summed E-state index contributed by atoms with van der Waals surface area (Å²) in [5, 5.41) is 7.32. The van der Waals surface area contributed by atoms with Crippen molar-refractivity contribution in [3.63, 3.8) is 0 Å². The summed E-state index contributed by atoms with van der Waals surface area (Å²) >= 11 is 0. The molecule has 0 atom stereocenters. The van der Waals surface area contributed by atoms with Crippen LogP contribution in [0.1, 0.15) is 39.4 Å². The van der Waals surface area contributed by atoms with Gasteiger partial charge in [0.25, 0.3) is 0 Å². The van der Waals surface area contributed by atoms with Crippen molar-refractivity contribution in [3.8, 4) is 0 Å². The molecule has 2 N–H and O–H groups in total. The van der Waals surface area contributed by atoms with E-state index in [1.165, 1.54) is 4.90 Å². The highest BCUT2D eigenvalue weighted by Gasteiger charge is 2.36. The summed E-state index contributed by atoms with van der Waals surface area (Å²) in [5.74, 6) is -2.61. The Hall–Kier alpha value is -2.33. The second-order valence-corrected chi connectivity index (χ2v) is 6.74. The topological polar surface area (TPSA) is 100 Å². The maximum absolute atomic E-state index is 12.4. The van der Waals surface area contributed by atoms with Crippen LogP contribution in [0.15, 0.2) is 0 Å². The average Bonchev–Trinajstić information content (AvgIpc) is 2.94. The molecule has 0 bridgehead atoms. The smallest absolute Gasteiger partial charge is 0.444 e. The number of piperidine rings is 1. The lowest BCUT2D eigenvalue weighted by Crippen LogP contribution is -2.43. The molecule has 0 aromatic carbocycles. The number of amides is 2. The van der Waals surface area contributed by atoms with Gasteiger partial charge in [-0.05, 0) is 33.6 Å². The van der Waals surface area contributed by atoms with Crippen LogP contribution < -0.4 is 5.32 Å². The van der Waals surface area contributed by atoms with Gasteiger partial charge < -0.3 is 9.64 Å². The molecule has 1 aromatic heterocycles. The van der Waals surface area contributed by atoms with E-state index < -0.39 is 41.5 Å². The van der Waals surface area contributed by atoms with Gasteiger partial charge in [-0.25, -0.2) is 4.79 Å². The van der Waals surface area contributed by atoms with E-state index in [1.807, 2.05) is 0 Å². The number of ether oxygens (including phenoxy) is 1. The number of carbonyl (C=O) groups is 2. The summed E-state index contributed by atoms with van der Waals surface area (Å²) in [6, 6.07) is 0. The van der Waals surface area contributed by atoms with Crippen molar-refractivity contribution in [1.29, 1.82) is 0 Å². The molecule has 11 heteroatoms. The maximum atomic E-state index is 12.4. The summed E-state index contributed by atoms with van der Waals surface area (Å²) in [4.78, 5) is 28.8. The first-order valence-corrected chi connectivity index (χ1v) is 7.74. The molecule has 1 aromatic rings. The molecular formula is C14H20F3N5O3. The third-order valence-corrected chi connectivity index (χ3v) is 3.51. The maximum Gasteiger partial charge on any atom is 0.451 e. The molecule has 1 saturated heterocycles. The fourth-order valence-electron chi connectivity index (χ4n) is 2.31. The van der Waals surface area contributed by atoms with Crippen LogP contribution in [0.25, 0.3) is 0 Å². The second-order valence-electron chi connectivity index (χ2n) is 6.74. The van der Waals surface area contributed by atoms with Crippen LogP contribution in [-0.4, -0.2) is 50.8 Å². The Morgan fingerprint density at radius 2 is 1.84 bits per heavy atom. The number of nitrogens with one attached hydrogen (secondary N) is 2. The second kappa shape index (κ2) is 6.89. The van der Waals surface area contributed by atoms with Gasteiger partial charge in [0.2, 0.25) is 17.7 Å². The van der Waals surface area contributed by atoms with Crippen molar-refractivity contribution in [2.45, 2.75) is 45.4 Å². The van der Waals surface area contributed by atoms with Crippen molar-refractivity contribution < 1.29 is 27.5 Å². The third kappa shape index (κ3) is 5.33. The Balaban J connectivity index is 1.85. The SMILES string of the molecule is CC(C)(C)OC(=O)N1CCC(C(=O)Nc2n[nH]c(C(F)(F)F)n2)CC1. The Morgan fingerprint density at radius 3 is 2.32 bits per heavy atom. The van der Waals surface area contributed by atoms with E-state index in [2.05, 4.69) is 15.4 Å². The molecule has 0 spiro atoms. The number of aromatic amines is 1. The van der Waals surface area contributed by atoms with Crippen LogP contribution in [0.4, 0.5) is 23.9 Å². The van der Waals surface area contributed by atoms with Crippen LogP contribution in [0.5, 0.6) is 0 Å². The first kappa shape index (κ1) is 19.0. The first-order chi connectivity index (χ1) is 11.5. The van der Waals surface area contributed by atoms with Crippen LogP contribution in [0.3, 0.4) is 0 Å². The van der Waals surface area contributed by atoms with E-state index in [-0.39, 0.29) is 0 Å². The lowest BCUT2D eigenvalue weighted by molar-refractivity contribution is -0.144. The van der Waals surface area contributed by atoms with Gasteiger partial charge >= 0.3 is 12.3 Å². The highest BCUT2D eigenvalue weighted by molar-refractivity contribution is 5.91. The van der Waals surface area contributed by atoms with Crippen molar-refractivity contribution in [2.75, 3.05) is 18.4 Å². The predicted molar refractivity (Wildman–Crippen MR) is 80.5 cm³/mol. The fraction of sp³-hybridized carbons (Fsp3) is 0.714. The van der Waals surface area contributed by atoms with Gasteiger partial charge in [-0.1, -0.05) is 0 Å². The van der Waals surface area contributed by atoms with Crippen LogP contribution in [0, 0.1) is 5.92 Å². The first-order valence-electron chi connectivity index (χ1n) is 7.74. The Labute approximate surface area is 142 Å². The summed E-state index contributed by atoms with van der Waals surface area (Å²) in [5.41, 5.74) is -0.604. The van der Waals surface area contributed by atoms with Crippen molar-refractivity contribution in [3.05, 3.63) is 5.82 Å². The molecule has 2 amide bonds. The summed E-state index contributed by atoms with van der Waals surface area (Å²) in [7, 11) is 0. The fourth-order valence-corrected chi connectivity index (χ4v) is 2.31. The van der Waals surface area contributed by atoms with Gasteiger partial charge in [0, 0.05) is 19.0 Å². The van der Waals surface area contributed by atoms with E-state index in [4.69, 9.17) is 4.74 Å². The quantitative estimate of drug-likeness (QED) is 0.840. The number of carbonyl (C=O) groups excluding carboxylic acids is 2. The summed E-state index contributed by atoms with van der Waals surface area (Å²) < 4.78 is 42.6. The molecule has 1 aliphatic heterocycles. The van der Waals surface area contributed by atoms with Gasteiger partial charge in [-0.15, -0.1) is 5.10 Å². The normalized spacial score (nSPS) is 16.6. The minimum Gasteiger partial charge on any atom is -0.444 e. The van der Waals surface area contributed by atoms with Crippen LogP contribution >= 0.6 is 0 Å². The number of alkyl halides is 3. The lowest BCUT2D eigenvalue weighted by atomic mass is 9.96. The number of aromatic nitrogens is 3. The highest BCUT2D eigenvalue weighted by atomic mass is 19.4. The van der Waals surface area contributed by atoms with E-state index in [0.29, 0.717) is 25.9 Å². The number of halogens is 3. The Kier molecular flexibility index (Phi) is 5.23. The van der Waals surface area contributed by atoms with Gasteiger partial charge in [0.15, 0.2) is 0 Å². The van der Waals surface area contributed by atoms with Gasteiger partial charge in [0.1, 0.15) is 5.60 Å². The van der Waals surface area contributed by atoms with E-state index in [0.717, 1.165) is 0 Å². The molecule has 1 aliphatic rings. The van der Waals surface area contributed by atoms with Crippen LogP contribution in [0.2, 0.25) is 0 Å². The molecule has 2 rings (SSSR count). The summed E-state index contributed by atoms with van der Waals surface area (Å²) in [6.45, 7) is 5.94. The molecule has 0 saturated carbocycles. The van der Waals surface area contributed by atoms with Crippen molar-refractivity contribution in [1.82, 2.24) is 20.1 Å². The third-order valence-electron chi connectivity index (χ3n) is 3.51. The van der Waals surface area contributed by atoms with Crippen molar-refractivity contribution >= 4 is 17.9 Å². The predicted octanol–water partition coefficient (Wildman–Crippen LogP) is 2.41. The van der Waals surface area contributed by atoms with Gasteiger partial charge in [0.05, 0.1) is 0 Å². The molecule has 0 radical (unpaired) electrons. The zero-order valence-corrected chi connectivity index (χ0v) is 14.1.